The van der Waals surface area contributed by atoms with E-state index in [9.17, 15) is 18.8 Å². The highest BCUT2D eigenvalue weighted by Crippen LogP contribution is 2.16. The Kier molecular flexibility index (Phi) is 6.71. The summed E-state index contributed by atoms with van der Waals surface area (Å²) in [4.78, 5) is 39.9. The van der Waals surface area contributed by atoms with E-state index in [1.165, 1.54) is 30.7 Å². The van der Waals surface area contributed by atoms with Crippen molar-refractivity contribution >= 4 is 17.3 Å². The van der Waals surface area contributed by atoms with Gasteiger partial charge in [0.1, 0.15) is 11.6 Å². The molecular formula is C21H28FN5O3. The van der Waals surface area contributed by atoms with Crippen molar-refractivity contribution in [2.45, 2.75) is 13.3 Å². The summed E-state index contributed by atoms with van der Waals surface area (Å²) < 4.78 is 16.2. The second-order valence-corrected chi connectivity index (χ2v) is 7.60. The van der Waals surface area contributed by atoms with E-state index in [-0.39, 0.29) is 22.6 Å². The Hall–Kier alpha value is -2.94. The largest absolute Gasteiger partial charge is 0.385 e. The van der Waals surface area contributed by atoms with Crippen LogP contribution in [-0.2, 0) is 14.1 Å². The Balaban J connectivity index is 1.47. The molecule has 0 atom stereocenters. The number of anilines is 2. The first-order chi connectivity index (χ1) is 14.3. The molecule has 0 unspecified atom stereocenters. The molecule has 1 fully saturated rings. The minimum absolute atomic E-state index is 0.0984. The van der Waals surface area contributed by atoms with Gasteiger partial charge in [0.2, 0.25) is 0 Å². The zero-order valence-corrected chi connectivity index (χ0v) is 17.7. The number of nitrogens with zero attached hydrogens (tertiary/aromatic N) is 4. The summed E-state index contributed by atoms with van der Waals surface area (Å²) in [5.41, 5.74) is 0.217. The molecule has 2 heterocycles. The first-order valence-corrected chi connectivity index (χ1v) is 10.1. The SMILES string of the molecule is CC(=O)c1cc(NCCCN2CCN(c3cc(=O)n(C)c(=O)n3C)CC2)ccc1F. The first-order valence-electron chi connectivity index (χ1n) is 10.1. The summed E-state index contributed by atoms with van der Waals surface area (Å²) in [6.07, 6.45) is 0.900. The number of carbonyl (C=O) groups is 1. The number of aromatic nitrogens is 2. The third-order valence-corrected chi connectivity index (χ3v) is 5.52. The monoisotopic (exact) mass is 417 g/mol. The van der Waals surface area contributed by atoms with E-state index in [0.29, 0.717) is 12.4 Å². The van der Waals surface area contributed by atoms with Gasteiger partial charge in [0.05, 0.1) is 5.56 Å². The van der Waals surface area contributed by atoms with Crippen LogP contribution >= 0.6 is 0 Å². The van der Waals surface area contributed by atoms with Crippen LogP contribution in [0.5, 0.6) is 0 Å². The molecule has 0 bridgehead atoms. The third-order valence-electron chi connectivity index (χ3n) is 5.52. The molecule has 8 nitrogen and oxygen atoms in total. The summed E-state index contributed by atoms with van der Waals surface area (Å²) in [6, 6.07) is 6.00. The van der Waals surface area contributed by atoms with E-state index in [1.54, 1.807) is 19.2 Å². The lowest BCUT2D eigenvalue weighted by Gasteiger charge is -2.36. The molecule has 1 aliphatic rings. The van der Waals surface area contributed by atoms with Gasteiger partial charge in [0.15, 0.2) is 5.78 Å². The van der Waals surface area contributed by atoms with Crippen LogP contribution in [0.2, 0.25) is 0 Å². The predicted molar refractivity (Wildman–Crippen MR) is 115 cm³/mol. The van der Waals surface area contributed by atoms with E-state index in [0.717, 1.165) is 49.4 Å². The number of nitrogens with one attached hydrogen (secondary N) is 1. The number of rotatable bonds is 7. The lowest BCUT2D eigenvalue weighted by molar-refractivity contribution is 0.101. The number of halogens is 1. The van der Waals surface area contributed by atoms with Crippen LogP contribution < -0.4 is 21.5 Å². The fourth-order valence-electron chi connectivity index (χ4n) is 3.67. The molecule has 0 spiro atoms. The summed E-state index contributed by atoms with van der Waals surface area (Å²) in [5, 5.41) is 3.24. The van der Waals surface area contributed by atoms with Crippen LogP contribution in [0.15, 0.2) is 33.9 Å². The number of hydrogen-bond donors (Lipinski definition) is 1. The van der Waals surface area contributed by atoms with E-state index in [2.05, 4.69) is 15.1 Å². The van der Waals surface area contributed by atoms with Crippen molar-refractivity contribution < 1.29 is 9.18 Å². The average Bonchev–Trinajstić information content (AvgIpc) is 2.73. The van der Waals surface area contributed by atoms with Crippen molar-refractivity contribution in [1.29, 1.82) is 0 Å². The molecule has 1 N–H and O–H groups in total. The van der Waals surface area contributed by atoms with Gasteiger partial charge in [-0.25, -0.2) is 9.18 Å². The standard InChI is InChI=1S/C21H28FN5O3/c1-15(28)17-13-16(5-6-18(17)22)23-7-4-8-26-9-11-27(12-10-26)19-14-20(29)25(3)21(30)24(19)2/h5-6,13-14,23H,4,7-12H2,1-3H3. The molecule has 1 aliphatic heterocycles. The molecule has 30 heavy (non-hydrogen) atoms. The van der Waals surface area contributed by atoms with Crippen LogP contribution in [0.25, 0.3) is 0 Å². The normalized spacial score (nSPS) is 14.7. The van der Waals surface area contributed by atoms with Crippen LogP contribution in [0.1, 0.15) is 23.7 Å². The zero-order valence-electron chi connectivity index (χ0n) is 17.7. The summed E-state index contributed by atoms with van der Waals surface area (Å²) in [7, 11) is 3.16. The second-order valence-electron chi connectivity index (χ2n) is 7.60. The van der Waals surface area contributed by atoms with Crippen molar-refractivity contribution in [3.63, 3.8) is 0 Å². The molecular weight excluding hydrogens is 389 g/mol. The Bertz CT molecular complexity index is 1040. The number of piperazine rings is 1. The fourth-order valence-corrected chi connectivity index (χ4v) is 3.67. The molecule has 1 aromatic heterocycles. The maximum Gasteiger partial charge on any atom is 0.332 e. The minimum atomic E-state index is -0.500. The molecule has 1 aromatic carbocycles. The van der Waals surface area contributed by atoms with E-state index < -0.39 is 5.82 Å². The highest BCUT2D eigenvalue weighted by atomic mass is 19.1. The Morgan fingerprint density at radius 3 is 2.43 bits per heavy atom. The van der Waals surface area contributed by atoms with Crippen molar-refractivity contribution in [3.05, 3.63) is 56.5 Å². The van der Waals surface area contributed by atoms with Gasteiger partial charge < -0.3 is 10.2 Å². The summed E-state index contributed by atoms with van der Waals surface area (Å²) in [6.45, 7) is 6.14. The van der Waals surface area contributed by atoms with Crippen molar-refractivity contribution in [1.82, 2.24) is 14.0 Å². The van der Waals surface area contributed by atoms with Crippen molar-refractivity contribution in [2.75, 3.05) is 49.5 Å². The maximum atomic E-state index is 13.6. The number of ketones is 1. The molecule has 0 radical (unpaired) electrons. The molecule has 162 valence electrons. The molecule has 1 saturated heterocycles. The van der Waals surface area contributed by atoms with Gasteiger partial charge in [-0.3, -0.25) is 23.6 Å². The van der Waals surface area contributed by atoms with Gasteiger partial charge in [0.25, 0.3) is 5.56 Å². The minimum Gasteiger partial charge on any atom is -0.385 e. The molecule has 2 aromatic rings. The Labute approximate surface area is 174 Å². The number of benzene rings is 1. The fraction of sp³-hybridized carbons (Fsp3) is 0.476. The van der Waals surface area contributed by atoms with Gasteiger partial charge in [-0.05, 0) is 38.1 Å². The van der Waals surface area contributed by atoms with E-state index >= 15 is 0 Å². The van der Waals surface area contributed by atoms with Gasteiger partial charge >= 0.3 is 5.69 Å². The Morgan fingerprint density at radius 2 is 1.77 bits per heavy atom. The van der Waals surface area contributed by atoms with Gasteiger partial charge in [-0.1, -0.05) is 0 Å². The highest BCUT2D eigenvalue weighted by molar-refractivity contribution is 5.95. The molecule has 0 amide bonds. The van der Waals surface area contributed by atoms with E-state index in [4.69, 9.17) is 0 Å². The lowest BCUT2D eigenvalue weighted by atomic mass is 10.1. The summed E-state index contributed by atoms with van der Waals surface area (Å²) >= 11 is 0. The molecule has 0 aliphatic carbocycles. The second kappa shape index (κ2) is 9.25. The van der Waals surface area contributed by atoms with Crippen LogP contribution in [0.3, 0.4) is 0 Å². The van der Waals surface area contributed by atoms with Gasteiger partial charge in [-0.15, -0.1) is 0 Å². The van der Waals surface area contributed by atoms with Crippen LogP contribution in [0.4, 0.5) is 15.9 Å². The smallest absolute Gasteiger partial charge is 0.332 e. The molecule has 0 saturated carbocycles. The van der Waals surface area contributed by atoms with Crippen molar-refractivity contribution in [2.24, 2.45) is 14.1 Å². The quantitative estimate of drug-likeness (QED) is 0.536. The van der Waals surface area contributed by atoms with Crippen LogP contribution in [0, 0.1) is 5.82 Å². The number of hydrogen-bond acceptors (Lipinski definition) is 6. The van der Waals surface area contributed by atoms with Crippen molar-refractivity contribution in [3.8, 4) is 0 Å². The lowest BCUT2D eigenvalue weighted by Crippen LogP contribution is -2.49. The molecule has 9 heteroatoms. The predicted octanol–water partition coefficient (Wildman–Crippen LogP) is 1.05. The van der Waals surface area contributed by atoms with Gasteiger partial charge in [0, 0.05) is 58.6 Å². The molecule has 3 rings (SSSR count). The zero-order chi connectivity index (χ0) is 21.8. The average molecular weight is 417 g/mol. The van der Waals surface area contributed by atoms with Gasteiger partial charge in [-0.2, -0.15) is 0 Å². The maximum absolute atomic E-state index is 13.6. The summed E-state index contributed by atoms with van der Waals surface area (Å²) in [5.74, 6) is -0.135. The first kappa shape index (κ1) is 21.8. The number of carbonyl (C=O) groups excluding carboxylic acids is 1. The van der Waals surface area contributed by atoms with E-state index in [1.807, 2.05) is 0 Å². The van der Waals surface area contributed by atoms with Crippen LogP contribution in [-0.4, -0.2) is 59.1 Å². The number of Topliss-reactive ketones (excluding diaryl/α,β-unsaturated/α-hetero) is 1. The topological polar surface area (TPSA) is 79.6 Å². The highest BCUT2D eigenvalue weighted by Gasteiger charge is 2.20. The third kappa shape index (κ3) is 4.79. The Morgan fingerprint density at radius 1 is 1.07 bits per heavy atom.